The molecule has 100 valence electrons. The molecule has 0 aromatic heterocycles. The lowest BCUT2D eigenvalue weighted by Gasteiger charge is -2.33. The molecule has 0 heterocycles. The van der Waals surface area contributed by atoms with Crippen molar-refractivity contribution in [1.29, 1.82) is 0 Å². The van der Waals surface area contributed by atoms with E-state index in [-0.39, 0.29) is 23.3 Å². The van der Waals surface area contributed by atoms with E-state index in [0.717, 1.165) is 24.2 Å². The maximum Gasteiger partial charge on any atom is 0.207 e. The van der Waals surface area contributed by atoms with Gasteiger partial charge in [-0.15, -0.1) is 0 Å². The predicted molar refractivity (Wildman–Crippen MR) is 63.8 cm³/mol. The van der Waals surface area contributed by atoms with Gasteiger partial charge in [-0.05, 0) is 20.3 Å². The molecule has 0 unspecified atom stereocenters. The summed E-state index contributed by atoms with van der Waals surface area (Å²) in [6.45, 7) is 9.81. The number of hydrogen-bond donors (Lipinski definition) is 0. The third-order valence-corrected chi connectivity index (χ3v) is 2.47. The van der Waals surface area contributed by atoms with Crippen LogP contribution in [0.1, 0.15) is 33.6 Å². The Labute approximate surface area is 111 Å². The average Bonchev–Trinajstić information content (AvgIpc) is 2.15. The quantitative estimate of drug-likeness (QED) is 0.413. The molecule has 0 bridgehead atoms. The third kappa shape index (κ3) is 9.58. The lowest BCUT2D eigenvalue weighted by molar-refractivity contribution is -0.896. The molecule has 4 heteroatoms. The van der Waals surface area contributed by atoms with Crippen LogP contribution in [-0.2, 0) is 9.47 Å². The van der Waals surface area contributed by atoms with Crippen LogP contribution in [0.15, 0.2) is 0 Å². The van der Waals surface area contributed by atoms with Crippen molar-refractivity contribution in [3.63, 3.8) is 0 Å². The van der Waals surface area contributed by atoms with Crippen LogP contribution >= 0.6 is 0 Å². The van der Waals surface area contributed by atoms with Crippen molar-refractivity contribution in [3.8, 4) is 0 Å². The van der Waals surface area contributed by atoms with Gasteiger partial charge in [0.1, 0.15) is 6.54 Å². The molecule has 0 amide bonds. The first-order valence-corrected chi connectivity index (χ1v) is 6.11. The Kier molecular flexibility index (Phi) is 12.3. The zero-order chi connectivity index (χ0) is 11.7. The topological polar surface area (TPSA) is 18.5 Å². The van der Waals surface area contributed by atoms with Crippen LogP contribution in [0.2, 0.25) is 0 Å². The molecule has 0 aromatic rings. The number of ether oxygens (including phenoxy) is 2. The van der Waals surface area contributed by atoms with Crippen molar-refractivity contribution in [2.75, 3.05) is 40.4 Å². The summed E-state index contributed by atoms with van der Waals surface area (Å²) in [6, 6.07) is 0. The molecule has 0 aliphatic rings. The molecule has 0 aromatic carbocycles. The van der Waals surface area contributed by atoms with Crippen molar-refractivity contribution in [2.24, 2.45) is 0 Å². The molecule has 0 rings (SSSR count). The van der Waals surface area contributed by atoms with E-state index in [1.165, 1.54) is 19.4 Å². The van der Waals surface area contributed by atoms with Crippen molar-refractivity contribution >= 4 is 0 Å². The van der Waals surface area contributed by atoms with Gasteiger partial charge in [0.05, 0.1) is 20.6 Å². The number of likely N-dealkylation sites (N-methyl/N-ethyl adjacent to an activating group) is 1. The molecule has 16 heavy (non-hydrogen) atoms. The molecule has 0 atom stereocenters. The van der Waals surface area contributed by atoms with Gasteiger partial charge in [0.25, 0.3) is 0 Å². The minimum absolute atomic E-state index is 0. The van der Waals surface area contributed by atoms with Crippen LogP contribution in [0.25, 0.3) is 0 Å². The number of halogens is 1. The Bertz CT molecular complexity index is 148. The molecular weight excluding hydrogens is 270 g/mol. The molecule has 0 radical (unpaired) electrons. The first-order chi connectivity index (χ1) is 7.05. The molecule has 3 nitrogen and oxygen atoms in total. The third-order valence-electron chi connectivity index (χ3n) is 2.47. The summed E-state index contributed by atoms with van der Waals surface area (Å²) in [5.41, 5.74) is 0. The fourth-order valence-electron chi connectivity index (χ4n) is 1.61. The lowest BCUT2D eigenvalue weighted by atomic mass is 10.3. The Morgan fingerprint density at radius 1 is 1.00 bits per heavy atom. The summed E-state index contributed by atoms with van der Waals surface area (Å²) in [5.74, 6) is 0. The molecule has 0 saturated heterocycles. The maximum atomic E-state index is 5.56. The second kappa shape index (κ2) is 10.5. The van der Waals surface area contributed by atoms with Crippen molar-refractivity contribution < 1.29 is 30.9 Å². The molecule has 0 saturated carbocycles. The standard InChI is InChI=1S/C12H28NO2.BrH/c1-6-9-10-13(4,5)11-12(14-7-2)15-8-3;/h12H,6-11H2,1-5H3;1H/q+1;/p-1. The summed E-state index contributed by atoms with van der Waals surface area (Å²) in [5, 5.41) is 0. The highest BCUT2D eigenvalue weighted by Gasteiger charge is 2.21. The lowest BCUT2D eigenvalue weighted by Crippen LogP contribution is -3.00. The highest BCUT2D eigenvalue weighted by Crippen LogP contribution is 2.07. The Morgan fingerprint density at radius 3 is 1.88 bits per heavy atom. The number of hydrogen-bond acceptors (Lipinski definition) is 2. The van der Waals surface area contributed by atoms with Crippen molar-refractivity contribution in [2.45, 2.75) is 39.9 Å². The van der Waals surface area contributed by atoms with Crippen LogP contribution in [0.5, 0.6) is 0 Å². The van der Waals surface area contributed by atoms with E-state index < -0.39 is 0 Å². The van der Waals surface area contributed by atoms with E-state index in [9.17, 15) is 0 Å². The van der Waals surface area contributed by atoms with Gasteiger partial charge in [-0.3, -0.25) is 0 Å². The SMILES string of the molecule is CCCC[N+](C)(C)CC(OCC)OCC.[Br-]. The maximum absolute atomic E-state index is 5.56. The van der Waals surface area contributed by atoms with Gasteiger partial charge in [0.15, 0.2) is 0 Å². The molecule has 0 spiro atoms. The Balaban J connectivity index is 0. The second-order valence-corrected chi connectivity index (χ2v) is 4.54. The van der Waals surface area contributed by atoms with Gasteiger partial charge in [0.2, 0.25) is 6.29 Å². The van der Waals surface area contributed by atoms with Gasteiger partial charge in [0, 0.05) is 13.2 Å². The molecule has 0 aliphatic heterocycles. The molecule has 0 N–H and O–H groups in total. The Morgan fingerprint density at radius 2 is 1.50 bits per heavy atom. The number of quaternary nitrogens is 1. The van der Waals surface area contributed by atoms with Crippen molar-refractivity contribution in [3.05, 3.63) is 0 Å². The minimum Gasteiger partial charge on any atom is -1.00 e. The van der Waals surface area contributed by atoms with Crippen LogP contribution in [0.3, 0.4) is 0 Å². The van der Waals surface area contributed by atoms with Crippen LogP contribution in [0.4, 0.5) is 0 Å². The zero-order valence-corrected chi connectivity index (χ0v) is 13.0. The van der Waals surface area contributed by atoms with Gasteiger partial charge >= 0.3 is 0 Å². The smallest absolute Gasteiger partial charge is 0.207 e. The van der Waals surface area contributed by atoms with E-state index in [4.69, 9.17) is 9.47 Å². The van der Waals surface area contributed by atoms with Crippen LogP contribution < -0.4 is 17.0 Å². The second-order valence-electron chi connectivity index (χ2n) is 4.54. The van der Waals surface area contributed by atoms with Crippen LogP contribution in [0, 0.1) is 0 Å². The summed E-state index contributed by atoms with van der Waals surface area (Å²) in [7, 11) is 4.47. The average molecular weight is 298 g/mol. The number of unbranched alkanes of at least 4 members (excludes halogenated alkanes) is 1. The van der Waals surface area contributed by atoms with E-state index >= 15 is 0 Å². The van der Waals surface area contributed by atoms with Gasteiger partial charge in [-0.1, -0.05) is 13.3 Å². The summed E-state index contributed by atoms with van der Waals surface area (Å²) in [4.78, 5) is 0. The van der Waals surface area contributed by atoms with Crippen LogP contribution in [-0.4, -0.2) is 51.2 Å². The first-order valence-electron chi connectivity index (χ1n) is 6.11. The fourth-order valence-corrected chi connectivity index (χ4v) is 1.61. The number of rotatable bonds is 9. The van der Waals surface area contributed by atoms with Gasteiger partial charge < -0.3 is 30.9 Å². The predicted octanol–water partition coefficient (Wildman–Crippen LogP) is -0.734. The van der Waals surface area contributed by atoms with E-state index in [1.807, 2.05) is 13.8 Å². The molecule has 0 aliphatic carbocycles. The van der Waals surface area contributed by atoms with E-state index in [0.29, 0.717) is 0 Å². The molecule has 0 fully saturated rings. The first kappa shape index (κ1) is 18.7. The minimum atomic E-state index is -0.0492. The monoisotopic (exact) mass is 297 g/mol. The zero-order valence-electron chi connectivity index (χ0n) is 11.5. The fraction of sp³-hybridized carbons (Fsp3) is 1.00. The summed E-state index contributed by atoms with van der Waals surface area (Å²) in [6.07, 6.45) is 2.46. The van der Waals surface area contributed by atoms with E-state index in [1.54, 1.807) is 0 Å². The Hall–Kier alpha value is 0.360. The highest BCUT2D eigenvalue weighted by atomic mass is 79.9. The summed E-state index contributed by atoms with van der Waals surface area (Å²) >= 11 is 0. The normalized spacial score (nSPS) is 11.6. The highest BCUT2D eigenvalue weighted by molar-refractivity contribution is 4.44. The van der Waals surface area contributed by atoms with Crippen molar-refractivity contribution in [1.82, 2.24) is 0 Å². The van der Waals surface area contributed by atoms with Gasteiger partial charge in [-0.2, -0.15) is 0 Å². The van der Waals surface area contributed by atoms with Gasteiger partial charge in [-0.25, -0.2) is 0 Å². The molecular formula is C12H28BrNO2. The number of nitrogens with zero attached hydrogens (tertiary/aromatic N) is 1. The van der Waals surface area contributed by atoms with E-state index in [2.05, 4.69) is 21.0 Å². The largest absolute Gasteiger partial charge is 1.00 e. The summed E-state index contributed by atoms with van der Waals surface area (Å²) < 4.78 is 12.1.